The fourth-order valence-corrected chi connectivity index (χ4v) is 3.91. The smallest absolute Gasteiger partial charge is 0.307 e. The van der Waals surface area contributed by atoms with Gasteiger partial charge in [0.1, 0.15) is 11.6 Å². The number of hydrogen-bond donors (Lipinski definition) is 3. The van der Waals surface area contributed by atoms with Gasteiger partial charge in [0.15, 0.2) is 0 Å². The van der Waals surface area contributed by atoms with Crippen LogP contribution in [-0.2, 0) is 27.9 Å². The van der Waals surface area contributed by atoms with Crippen molar-refractivity contribution in [3.8, 4) is 0 Å². The molecule has 0 bridgehead atoms. The van der Waals surface area contributed by atoms with E-state index in [1.807, 2.05) is 89.6 Å². The molecule has 9 nitrogen and oxygen atoms in total. The summed E-state index contributed by atoms with van der Waals surface area (Å²) in [6.07, 6.45) is 5.54. The molecule has 1 unspecified atom stereocenters. The standard InChI is InChI=1S/C30H37N5O4.2C2H6.C2H4/c1-5-38-22(3)23-8-11-25(12-9-23)33-20-28-34-26-19-24(10-13-27(26)35(28)4)30(37)32-17-14-29(36)39-18-15-21(2)7-6-16-31;3*1-2/h6-13,16,19,21,31,33H,3,5,14-15,17-18,20H2,1-2,4H3,(H,32,37);2*1-2H3;1-2H2/b7-6-,31-16?;;;. The largest absolute Gasteiger partial charge is 0.494 e. The number of fused-ring (bicyclic) bond motifs is 1. The van der Waals surface area contributed by atoms with Crippen molar-refractivity contribution >= 4 is 40.6 Å². The van der Waals surface area contributed by atoms with Crippen molar-refractivity contribution in [3.63, 3.8) is 0 Å². The highest BCUT2D eigenvalue weighted by molar-refractivity contribution is 5.97. The lowest BCUT2D eigenvalue weighted by atomic mass is 10.1. The Morgan fingerprint density at radius 3 is 2.31 bits per heavy atom. The lowest BCUT2D eigenvalue weighted by molar-refractivity contribution is -0.143. The summed E-state index contributed by atoms with van der Waals surface area (Å²) in [6.45, 7) is 23.4. The molecule has 0 aliphatic carbocycles. The second-order valence-electron chi connectivity index (χ2n) is 9.12. The van der Waals surface area contributed by atoms with E-state index in [1.165, 1.54) is 6.21 Å². The van der Waals surface area contributed by atoms with Crippen molar-refractivity contribution in [2.75, 3.05) is 25.1 Å². The average molecular weight is 620 g/mol. The van der Waals surface area contributed by atoms with E-state index in [9.17, 15) is 9.59 Å². The Morgan fingerprint density at radius 2 is 1.69 bits per heavy atom. The highest BCUT2D eigenvalue weighted by Crippen LogP contribution is 2.20. The zero-order chi connectivity index (χ0) is 34.2. The first kappa shape index (κ1) is 40.3. The van der Waals surface area contributed by atoms with Gasteiger partial charge in [-0.25, -0.2) is 4.98 Å². The van der Waals surface area contributed by atoms with Crippen molar-refractivity contribution in [1.29, 1.82) is 5.41 Å². The number of aromatic nitrogens is 2. The molecule has 3 aromatic rings. The van der Waals surface area contributed by atoms with E-state index in [1.54, 1.807) is 18.2 Å². The number of hydrogen-bond acceptors (Lipinski definition) is 7. The Labute approximate surface area is 269 Å². The maximum Gasteiger partial charge on any atom is 0.307 e. The van der Waals surface area contributed by atoms with Gasteiger partial charge in [-0.05, 0) is 67.8 Å². The molecule has 2 aromatic carbocycles. The van der Waals surface area contributed by atoms with Gasteiger partial charge in [0.05, 0.1) is 37.2 Å². The normalized spacial score (nSPS) is 10.6. The van der Waals surface area contributed by atoms with Gasteiger partial charge in [-0.3, -0.25) is 9.59 Å². The lowest BCUT2D eigenvalue weighted by Gasteiger charge is -2.09. The zero-order valence-corrected chi connectivity index (χ0v) is 28.2. The van der Waals surface area contributed by atoms with Crippen LogP contribution in [0.4, 0.5) is 5.69 Å². The maximum absolute atomic E-state index is 12.6. The third kappa shape index (κ3) is 14.1. The number of benzene rings is 2. The number of allylic oxidation sites excluding steroid dienone is 2. The molecule has 1 amide bonds. The number of anilines is 1. The molecule has 0 fully saturated rings. The van der Waals surface area contributed by atoms with Crippen LogP contribution in [0.5, 0.6) is 0 Å². The number of nitrogens with one attached hydrogen (secondary N) is 3. The first-order chi connectivity index (χ1) is 21.8. The molecule has 0 spiro atoms. The molecule has 0 saturated carbocycles. The van der Waals surface area contributed by atoms with Crippen LogP contribution < -0.4 is 10.6 Å². The van der Waals surface area contributed by atoms with Crippen molar-refractivity contribution < 1.29 is 19.1 Å². The Hall–Kier alpha value is -4.66. The second-order valence-corrected chi connectivity index (χ2v) is 9.12. The summed E-state index contributed by atoms with van der Waals surface area (Å²) < 4.78 is 12.7. The average Bonchev–Trinajstić information content (AvgIpc) is 3.40. The van der Waals surface area contributed by atoms with Gasteiger partial charge >= 0.3 is 5.97 Å². The molecule has 0 aliphatic heterocycles. The number of carbonyl (C=O) groups excluding carboxylic acids is 2. The Bertz CT molecular complexity index is 1350. The molecule has 0 saturated heterocycles. The van der Waals surface area contributed by atoms with Crippen LogP contribution in [-0.4, -0.2) is 47.4 Å². The van der Waals surface area contributed by atoms with Crippen molar-refractivity contribution in [3.05, 3.63) is 91.3 Å². The molecule has 0 aliphatic rings. The van der Waals surface area contributed by atoms with Gasteiger partial charge in [-0.1, -0.05) is 47.3 Å². The van der Waals surface area contributed by atoms with E-state index in [2.05, 4.69) is 30.4 Å². The molecule has 3 rings (SSSR count). The van der Waals surface area contributed by atoms with Gasteiger partial charge in [0.2, 0.25) is 0 Å². The number of carbonyl (C=O) groups is 2. The third-order valence-corrected chi connectivity index (χ3v) is 6.20. The highest BCUT2D eigenvalue weighted by atomic mass is 16.5. The van der Waals surface area contributed by atoms with Crippen LogP contribution in [0.2, 0.25) is 0 Å². The molecular weight excluding hydrogens is 566 g/mol. The number of nitrogens with zero attached hydrogens (tertiary/aromatic N) is 2. The lowest BCUT2D eigenvalue weighted by Crippen LogP contribution is -2.26. The number of esters is 1. The molecule has 45 heavy (non-hydrogen) atoms. The van der Waals surface area contributed by atoms with Gasteiger partial charge in [-0.15, -0.1) is 13.2 Å². The summed E-state index contributed by atoms with van der Waals surface area (Å²) >= 11 is 0. The van der Waals surface area contributed by atoms with Crippen LogP contribution in [0, 0.1) is 11.3 Å². The van der Waals surface area contributed by atoms with E-state index in [-0.39, 0.29) is 30.8 Å². The zero-order valence-electron chi connectivity index (χ0n) is 28.2. The van der Waals surface area contributed by atoms with Gasteiger partial charge < -0.3 is 30.1 Å². The van der Waals surface area contributed by atoms with Crippen molar-refractivity contribution in [2.45, 2.75) is 60.9 Å². The third-order valence-electron chi connectivity index (χ3n) is 6.20. The Balaban J connectivity index is 0.00000304. The molecule has 246 valence electrons. The fraction of sp³-hybridized carbons (Fsp3) is 0.389. The summed E-state index contributed by atoms with van der Waals surface area (Å²) in [7, 11) is 1.94. The SMILES string of the molecule is C=C.C=C(OCC)c1ccc(NCc2nc3cc(C(=O)NCCC(=O)OCCC(C)/C=C\C=N)ccc3n2C)cc1.CC.CC. The van der Waals surface area contributed by atoms with Gasteiger partial charge in [-0.2, -0.15) is 0 Å². The summed E-state index contributed by atoms with van der Waals surface area (Å²) in [4.78, 5) is 29.3. The molecule has 9 heteroatoms. The minimum absolute atomic E-state index is 0.0961. The second kappa shape index (κ2) is 23.8. The first-order valence-corrected chi connectivity index (χ1v) is 15.5. The molecule has 3 N–H and O–H groups in total. The molecular formula is C36H53N5O4. The van der Waals surface area contributed by atoms with E-state index in [0.717, 1.165) is 28.1 Å². The number of aryl methyl sites for hydroxylation is 1. The number of imidazole rings is 1. The van der Waals surface area contributed by atoms with Crippen LogP contribution in [0.15, 0.2) is 74.4 Å². The molecule has 1 aromatic heterocycles. The van der Waals surface area contributed by atoms with Crippen molar-refractivity contribution in [1.82, 2.24) is 14.9 Å². The summed E-state index contributed by atoms with van der Waals surface area (Å²) in [5, 5.41) is 13.1. The monoisotopic (exact) mass is 619 g/mol. The van der Waals surface area contributed by atoms with Gasteiger partial charge in [0.25, 0.3) is 5.91 Å². The van der Waals surface area contributed by atoms with E-state index < -0.39 is 0 Å². The topological polar surface area (TPSA) is 118 Å². The Kier molecular flexibility index (Phi) is 21.3. The number of ether oxygens (including phenoxy) is 2. The minimum Gasteiger partial charge on any atom is -0.494 e. The van der Waals surface area contributed by atoms with Crippen LogP contribution in [0.3, 0.4) is 0 Å². The van der Waals surface area contributed by atoms with Crippen LogP contribution in [0.1, 0.15) is 76.1 Å². The van der Waals surface area contributed by atoms with Crippen LogP contribution >= 0.6 is 0 Å². The Morgan fingerprint density at radius 1 is 1.04 bits per heavy atom. The van der Waals surface area contributed by atoms with E-state index >= 15 is 0 Å². The van der Waals surface area contributed by atoms with Gasteiger partial charge in [0, 0.05) is 36.6 Å². The highest BCUT2D eigenvalue weighted by Gasteiger charge is 2.13. The minimum atomic E-state index is -0.357. The summed E-state index contributed by atoms with van der Waals surface area (Å²) in [5.41, 5.74) is 4.00. The van der Waals surface area contributed by atoms with E-state index in [0.29, 0.717) is 37.5 Å². The quantitative estimate of drug-likeness (QED) is 0.0688. The predicted octanol–water partition coefficient (Wildman–Crippen LogP) is 7.94. The number of rotatable bonds is 15. The first-order valence-electron chi connectivity index (χ1n) is 15.5. The summed E-state index contributed by atoms with van der Waals surface area (Å²) in [6, 6.07) is 13.2. The molecule has 0 radical (unpaired) electrons. The summed E-state index contributed by atoms with van der Waals surface area (Å²) in [5.74, 6) is 1.07. The fourth-order valence-electron chi connectivity index (χ4n) is 3.91. The number of amides is 1. The molecule has 1 heterocycles. The van der Waals surface area contributed by atoms with Crippen molar-refractivity contribution in [2.24, 2.45) is 13.0 Å². The van der Waals surface area contributed by atoms with Crippen LogP contribution in [0.25, 0.3) is 16.8 Å². The maximum atomic E-state index is 12.6. The van der Waals surface area contributed by atoms with E-state index in [4.69, 9.17) is 19.9 Å². The molecule has 1 atom stereocenters. The predicted molar refractivity (Wildman–Crippen MR) is 189 cm³/mol.